The van der Waals surface area contributed by atoms with Gasteiger partial charge in [0.1, 0.15) is 0 Å². The van der Waals surface area contributed by atoms with Crippen molar-refractivity contribution in [2.75, 3.05) is 6.61 Å². The zero-order chi connectivity index (χ0) is 5.82. The van der Waals surface area contributed by atoms with Crippen LogP contribution in [0.3, 0.4) is 0 Å². The number of ether oxygens (including phenoxy) is 1. The van der Waals surface area contributed by atoms with Gasteiger partial charge in [-0.2, -0.15) is 0 Å². The van der Waals surface area contributed by atoms with Gasteiger partial charge in [0.2, 0.25) is 0 Å². The Kier molecular flexibility index (Phi) is 2.10. The van der Waals surface area contributed by atoms with E-state index in [0.717, 1.165) is 6.61 Å². The molecule has 0 aromatic heterocycles. The molecule has 1 aliphatic heterocycles. The molecule has 0 bridgehead atoms. The Labute approximate surface area is 50.3 Å². The first-order valence-electron chi connectivity index (χ1n) is 3.18. The molecular weight excluding hydrogens is 100 g/mol. The molecule has 1 heterocycles. The van der Waals surface area contributed by atoms with Crippen LogP contribution in [0.4, 0.5) is 0 Å². The number of rotatable bonds is 0. The summed E-state index contributed by atoms with van der Waals surface area (Å²) in [5.74, 6) is 0. The lowest BCUT2D eigenvalue weighted by Crippen LogP contribution is -2.02. The van der Waals surface area contributed by atoms with Gasteiger partial charge in [0, 0.05) is 6.61 Å². The van der Waals surface area contributed by atoms with Crippen molar-refractivity contribution in [2.24, 2.45) is 0 Å². The van der Waals surface area contributed by atoms with Crippen molar-refractivity contribution >= 4 is 0 Å². The maximum atomic E-state index is 5.32. The van der Waals surface area contributed by atoms with Gasteiger partial charge in [0.05, 0.1) is 6.10 Å². The predicted octanol–water partition coefficient (Wildman–Crippen LogP) is 1.74. The predicted molar refractivity (Wildman–Crippen MR) is 33.8 cm³/mol. The average Bonchev–Trinajstić information content (AvgIpc) is 1.94. The number of hydrogen-bond acceptors (Lipinski definition) is 1. The van der Waals surface area contributed by atoms with Crippen molar-refractivity contribution in [2.45, 2.75) is 25.9 Å². The molecule has 0 saturated carbocycles. The molecule has 0 aliphatic carbocycles. The quantitative estimate of drug-likeness (QED) is 0.434. The highest BCUT2D eigenvalue weighted by Crippen LogP contribution is 2.03. The van der Waals surface area contributed by atoms with E-state index in [1.54, 1.807) is 0 Å². The van der Waals surface area contributed by atoms with E-state index in [-0.39, 0.29) is 0 Å². The van der Waals surface area contributed by atoms with Gasteiger partial charge in [-0.15, -0.1) is 0 Å². The molecule has 1 aliphatic rings. The average molecular weight is 112 g/mol. The third-order valence-corrected chi connectivity index (χ3v) is 1.30. The van der Waals surface area contributed by atoms with E-state index >= 15 is 0 Å². The maximum absolute atomic E-state index is 5.32. The summed E-state index contributed by atoms with van der Waals surface area (Å²) in [5, 5.41) is 0. The van der Waals surface area contributed by atoms with E-state index in [2.05, 4.69) is 19.1 Å². The van der Waals surface area contributed by atoms with Crippen LogP contribution in [0.15, 0.2) is 12.2 Å². The van der Waals surface area contributed by atoms with Gasteiger partial charge in [0.25, 0.3) is 0 Å². The summed E-state index contributed by atoms with van der Waals surface area (Å²) < 4.78 is 5.32. The Bertz CT molecular complexity index is 86.4. The van der Waals surface area contributed by atoms with Crippen LogP contribution in [0.1, 0.15) is 19.8 Å². The van der Waals surface area contributed by atoms with Crippen molar-refractivity contribution in [3.05, 3.63) is 12.2 Å². The third-order valence-electron chi connectivity index (χ3n) is 1.30. The molecule has 0 N–H and O–H groups in total. The van der Waals surface area contributed by atoms with E-state index in [4.69, 9.17) is 4.74 Å². The molecule has 1 atom stereocenters. The van der Waals surface area contributed by atoms with Gasteiger partial charge in [-0.25, -0.2) is 0 Å². The largest absolute Gasteiger partial charge is 0.374 e. The van der Waals surface area contributed by atoms with E-state index in [1.165, 1.54) is 12.8 Å². The molecule has 0 radical (unpaired) electrons. The first-order chi connectivity index (χ1) is 3.89. The van der Waals surface area contributed by atoms with E-state index in [0.29, 0.717) is 6.10 Å². The molecule has 1 nitrogen and oxygen atoms in total. The smallest absolute Gasteiger partial charge is 0.0727 e. The van der Waals surface area contributed by atoms with Gasteiger partial charge in [0.15, 0.2) is 0 Å². The lowest BCUT2D eigenvalue weighted by Gasteiger charge is -2.02. The van der Waals surface area contributed by atoms with Crippen LogP contribution < -0.4 is 0 Å². The molecule has 8 heavy (non-hydrogen) atoms. The van der Waals surface area contributed by atoms with Crippen molar-refractivity contribution in [3.63, 3.8) is 0 Å². The topological polar surface area (TPSA) is 9.23 Å². The Morgan fingerprint density at radius 2 is 2.50 bits per heavy atom. The zero-order valence-corrected chi connectivity index (χ0v) is 5.26. The molecule has 0 aromatic rings. The van der Waals surface area contributed by atoms with Gasteiger partial charge in [-0.3, -0.25) is 0 Å². The minimum Gasteiger partial charge on any atom is -0.374 e. The Hall–Kier alpha value is -0.300. The van der Waals surface area contributed by atoms with Crippen molar-refractivity contribution in [1.29, 1.82) is 0 Å². The van der Waals surface area contributed by atoms with Crippen LogP contribution in [-0.4, -0.2) is 12.7 Å². The lowest BCUT2D eigenvalue weighted by molar-refractivity contribution is 0.100. The van der Waals surface area contributed by atoms with E-state index < -0.39 is 0 Å². The van der Waals surface area contributed by atoms with Gasteiger partial charge >= 0.3 is 0 Å². The Morgan fingerprint density at radius 3 is 3.38 bits per heavy atom. The molecule has 46 valence electrons. The molecule has 0 aromatic carbocycles. The maximum Gasteiger partial charge on any atom is 0.0727 e. The fourth-order valence-electron chi connectivity index (χ4n) is 0.814. The highest BCUT2D eigenvalue weighted by molar-refractivity contribution is 4.88. The minimum absolute atomic E-state index is 0.345. The van der Waals surface area contributed by atoms with Gasteiger partial charge in [-0.1, -0.05) is 12.2 Å². The summed E-state index contributed by atoms with van der Waals surface area (Å²) >= 11 is 0. The van der Waals surface area contributed by atoms with Crippen LogP contribution in [0.5, 0.6) is 0 Å². The van der Waals surface area contributed by atoms with Crippen LogP contribution in [0.25, 0.3) is 0 Å². The van der Waals surface area contributed by atoms with Crippen LogP contribution >= 0.6 is 0 Å². The molecule has 0 fully saturated rings. The van der Waals surface area contributed by atoms with Gasteiger partial charge < -0.3 is 4.74 Å². The SMILES string of the molecule is CC1C=CCCCO1. The van der Waals surface area contributed by atoms with E-state index in [9.17, 15) is 0 Å². The van der Waals surface area contributed by atoms with Crippen molar-refractivity contribution in [3.8, 4) is 0 Å². The standard InChI is InChI=1S/C7H12O/c1-7-5-3-2-4-6-8-7/h3,5,7H,2,4,6H2,1H3. The summed E-state index contributed by atoms with van der Waals surface area (Å²) in [5.41, 5.74) is 0. The second-order valence-electron chi connectivity index (χ2n) is 2.15. The summed E-state index contributed by atoms with van der Waals surface area (Å²) in [4.78, 5) is 0. The molecule has 0 amide bonds. The monoisotopic (exact) mass is 112 g/mol. The third kappa shape index (κ3) is 1.66. The Balaban J connectivity index is 2.33. The normalized spacial score (nSPS) is 29.9. The Morgan fingerprint density at radius 1 is 1.62 bits per heavy atom. The molecule has 1 rings (SSSR count). The fourth-order valence-corrected chi connectivity index (χ4v) is 0.814. The molecular formula is C7H12O. The summed E-state index contributed by atoms with van der Waals surface area (Å²) in [6.45, 7) is 3.00. The minimum atomic E-state index is 0.345. The summed E-state index contributed by atoms with van der Waals surface area (Å²) in [7, 11) is 0. The van der Waals surface area contributed by atoms with Crippen LogP contribution in [0.2, 0.25) is 0 Å². The molecule has 1 unspecified atom stereocenters. The lowest BCUT2D eigenvalue weighted by atomic mass is 10.3. The van der Waals surface area contributed by atoms with Crippen molar-refractivity contribution in [1.82, 2.24) is 0 Å². The number of hydrogen-bond donors (Lipinski definition) is 0. The van der Waals surface area contributed by atoms with Crippen LogP contribution in [0, 0.1) is 0 Å². The second kappa shape index (κ2) is 2.88. The van der Waals surface area contributed by atoms with Gasteiger partial charge in [-0.05, 0) is 19.8 Å². The van der Waals surface area contributed by atoms with Crippen molar-refractivity contribution < 1.29 is 4.74 Å². The molecule has 1 heteroatoms. The highest BCUT2D eigenvalue weighted by atomic mass is 16.5. The number of allylic oxidation sites excluding steroid dienone is 1. The van der Waals surface area contributed by atoms with Crippen LogP contribution in [-0.2, 0) is 4.74 Å². The fraction of sp³-hybridized carbons (Fsp3) is 0.714. The first-order valence-corrected chi connectivity index (χ1v) is 3.18. The highest BCUT2D eigenvalue weighted by Gasteiger charge is 1.98. The van der Waals surface area contributed by atoms with E-state index in [1.807, 2.05) is 0 Å². The second-order valence-corrected chi connectivity index (χ2v) is 2.15. The summed E-state index contributed by atoms with van der Waals surface area (Å²) in [6, 6.07) is 0. The first kappa shape index (κ1) is 5.83. The molecule has 0 saturated heterocycles. The molecule has 0 spiro atoms. The summed E-state index contributed by atoms with van der Waals surface area (Å²) in [6.07, 6.45) is 7.02. The zero-order valence-electron chi connectivity index (χ0n) is 5.26.